The Bertz CT molecular complexity index is 1560. The zero-order chi connectivity index (χ0) is 30.5. The molecule has 6 rings (SSSR count). The van der Waals surface area contributed by atoms with Gasteiger partial charge in [-0.15, -0.1) is 0 Å². The molecule has 43 heavy (non-hydrogen) atoms. The summed E-state index contributed by atoms with van der Waals surface area (Å²) in [4.78, 5) is 0. The van der Waals surface area contributed by atoms with E-state index in [1.165, 1.54) is 55.6 Å². The highest BCUT2D eigenvalue weighted by Gasteiger charge is 2.33. The van der Waals surface area contributed by atoms with Gasteiger partial charge in [-0.3, -0.25) is 0 Å². The van der Waals surface area contributed by atoms with Crippen LogP contribution in [0, 0.1) is 0 Å². The lowest BCUT2D eigenvalue weighted by Crippen LogP contribution is -2.10. The molecule has 4 aromatic rings. The van der Waals surface area contributed by atoms with Crippen molar-refractivity contribution in [3.8, 4) is 22.3 Å². The maximum atomic E-state index is 2.52. The van der Waals surface area contributed by atoms with Gasteiger partial charge < -0.3 is 0 Å². The first-order valence-corrected chi connectivity index (χ1v) is 16.4. The molecule has 0 radical (unpaired) electrons. The van der Waals surface area contributed by atoms with Crippen molar-refractivity contribution < 1.29 is 0 Å². The fourth-order valence-corrected chi connectivity index (χ4v) is 7.36. The smallest absolute Gasteiger partial charge is 0.00664 e. The second-order valence-electron chi connectivity index (χ2n) is 14.8. The molecule has 0 saturated heterocycles. The summed E-state index contributed by atoms with van der Waals surface area (Å²) in [6, 6.07) is 32.5. The molecule has 2 atom stereocenters. The SMILES string of the molecule is CCC1=Cc2c(-c3ccc(C(C)(C)C)cc3)cccc2C1CC1C(CC)=Cc2c(-c3ccc(C(C)(C)C)cc3)cccc21. The molecule has 0 aromatic heterocycles. The summed E-state index contributed by atoms with van der Waals surface area (Å²) < 4.78 is 0. The van der Waals surface area contributed by atoms with Gasteiger partial charge in [-0.2, -0.15) is 0 Å². The summed E-state index contributed by atoms with van der Waals surface area (Å²) in [5.41, 5.74) is 17.5. The van der Waals surface area contributed by atoms with Crippen LogP contribution in [0.4, 0.5) is 0 Å². The van der Waals surface area contributed by atoms with Crippen molar-refractivity contribution in [3.63, 3.8) is 0 Å². The van der Waals surface area contributed by atoms with Gasteiger partial charge in [0.15, 0.2) is 0 Å². The van der Waals surface area contributed by atoms with Gasteiger partial charge in [0.1, 0.15) is 0 Å². The Morgan fingerprint density at radius 1 is 0.488 bits per heavy atom. The second kappa shape index (κ2) is 11.1. The lowest BCUT2D eigenvalue weighted by Gasteiger charge is -2.24. The van der Waals surface area contributed by atoms with Crippen LogP contribution in [0.25, 0.3) is 34.4 Å². The molecule has 0 amide bonds. The molecule has 0 heteroatoms. The Labute approximate surface area is 260 Å². The van der Waals surface area contributed by atoms with Crippen molar-refractivity contribution in [3.05, 3.63) is 129 Å². The van der Waals surface area contributed by atoms with E-state index in [1.807, 2.05) is 0 Å². The molecule has 0 N–H and O–H groups in total. The van der Waals surface area contributed by atoms with Crippen LogP contribution in [0.2, 0.25) is 0 Å². The Balaban J connectivity index is 1.35. The topological polar surface area (TPSA) is 0 Å². The second-order valence-corrected chi connectivity index (χ2v) is 14.8. The van der Waals surface area contributed by atoms with Crippen LogP contribution in [0.1, 0.15) is 120 Å². The van der Waals surface area contributed by atoms with Crippen LogP contribution in [0.15, 0.2) is 96.1 Å². The molecule has 0 bridgehead atoms. The lowest BCUT2D eigenvalue weighted by molar-refractivity contribution is 0.590. The maximum Gasteiger partial charge on any atom is 0.00664 e. The van der Waals surface area contributed by atoms with E-state index >= 15 is 0 Å². The molecule has 4 aromatic carbocycles. The Morgan fingerprint density at radius 3 is 1.19 bits per heavy atom. The van der Waals surface area contributed by atoms with Gasteiger partial charge in [0, 0.05) is 11.8 Å². The quantitative estimate of drug-likeness (QED) is 0.218. The maximum absolute atomic E-state index is 2.52. The molecule has 0 nitrogen and oxygen atoms in total. The molecular formula is C43H48. The first-order valence-electron chi connectivity index (χ1n) is 16.4. The molecule has 0 saturated carbocycles. The summed E-state index contributed by atoms with van der Waals surface area (Å²) in [6.45, 7) is 18.4. The average Bonchev–Trinajstić information content (AvgIpc) is 3.54. The Morgan fingerprint density at radius 2 is 0.860 bits per heavy atom. The van der Waals surface area contributed by atoms with Gasteiger partial charge in [-0.05, 0) is 85.7 Å². The van der Waals surface area contributed by atoms with E-state index in [0.29, 0.717) is 11.8 Å². The van der Waals surface area contributed by atoms with Gasteiger partial charge >= 0.3 is 0 Å². The molecule has 2 aliphatic carbocycles. The minimum Gasteiger partial charge on any atom is -0.0623 e. The first-order chi connectivity index (χ1) is 20.5. The van der Waals surface area contributed by atoms with Crippen molar-refractivity contribution in [2.24, 2.45) is 0 Å². The predicted molar refractivity (Wildman–Crippen MR) is 188 cm³/mol. The van der Waals surface area contributed by atoms with Crippen molar-refractivity contribution in [1.82, 2.24) is 0 Å². The van der Waals surface area contributed by atoms with Crippen LogP contribution in [-0.2, 0) is 10.8 Å². The van der Waals surface area contributed by atoms with E-state index in [0.717, 1.165) is 19.3 Å². The Kier molecular flexibility index (Phi) is 7.62. The van der Waals surface area contributed by atoms with E-state index in [2.05, 4.69) is 152 Å². The summed E-state index contributed by atoms with van der Waals surface area (Å²) in [5.74, 6) is 0.906. The molecule has 2 aliphatic rings. The average molecular weight is 565 g/mol. The molecule has 2 unspecified atom stereocenters. The van der Waals surface area contributed by atoms with Crippen LogP contribution < -0.4 is 0 Å². The predicted octanol–water partition coefficient (Wildman–Crippen LogP) is 12.5. The normalized spacial score (nSPS) is 17.9. The van der Waals surface area contributed by atoms with E-state index in [9.17, 15) is 0 Å². The summed E-state index contributed by atoms with van der Waals surface area (Å²) in [6.07, 6.45) is 8.36. The van der Waals surface area contributed by atoms with Crippen LogP contribution in [0.5, 0.6) is 0 Å². The number of allylic oxidation sites excluding steroid dienone is 2. The van der Waals surface area contributed by atoms with E-state index in [1.54, 1.807) is 11.1 Å². The molecular weight excluding hydrogens is 516 g/mol. The molecule has 0 fully saturated rings. The number of fused-ring (bicyclic) bond motifs is 2. The van der Waals surface area contributed by atoms with Gasteiger partial charge in [-0.25, -0.2) is 0 Å². The highest BCUT2D eigenvalue weighted by molar-refractivity contribution is 5.84. The zero-order valence-electron chi connectivity index (χ0n) is 27.5. The summed E-state index contributed by atoms with van der Waals surface area (Å²) in [5, 5.41) is 0. The fourth-order valence-electron chi connectivity index (χ4n) is 7.36. The molecule has 0 heterocycles. The van der Waals surface area contributed by atoms with Crippen LogP contribution in [-0.4, -0.2) is 0 Å². The van der Waals surface area contributed by atoms with Crippen molar-refractivity contribution in [2.45, 2.75) is 97.3 Å². The van der Waals surface area contributed by atoms with E-state index < -0.39 is 0 Å². The summed E-state index contributed by atoms with van der Waals surface area (Å²) >= 11 is 0. The monoisotopic (exact) mass is 564 g/mol. The first kappa shape index (κ1) is 29.4. The third kappa shape index (κ3) is 5.46. The van der Waals surface area contributed by atoms with Crippen molar-refractivity contribution in [1.29, 1.82) is 0 Å². The standard InChI is InChI=1S/C43H48/c1-9-28-25-40-34(30-17-21-32(22-18-30)42(3,4)5)13-11-15-36(40)38(28)27-39-29(10-2)26-41-35(14-12-16-37(39)41)31-19-23-33(24-20-31)43(6,7)8/h11-26,38-39H,9-10,27H2,1-8H3. The molecule has 0 aliphatic heterocycles. The summed E-state index contributed by atoms with van der Waals surface area (Å²) in [7, 11) is 0. The van der Waals surface area contributed by atoms with Gasteiger partial charge in [0.05, 0.1) is 0 Å². The van der Waals surface area contributed by atoms with Crippen LogP contribution >= 0.6 is 0 Å². The van der Waals surface area contributed by atoms with Gasteiger partial charge in [0.25, 0.3) is 0 Å². The number of benzene rings is 4. The van der Waals surface area contributed by atoms with Crippen molar-refractivity contribution in [2.75, 3.05) is 0 Å². The minimum absolute atomic E-state index is 0.162. The third-order valence-electron chi connectivity index (χ3n) is 10.00. The lowest BCUT2D eigenvalue weighted by atomic mass is 9.79. The van der Waals surface area contributed by atoms with Crippen molar-refractivity contribution >= 4 is 12.2 Å². The third-order valence-corrected chi connectivity index (χ3v) is 10.00. The molecule has 0 spiro atoms. The zero-order valence-corrected chi connectivity index (χ0v) is 27.5. The number of rotatable bonds is 6. The van der Waals surface area contributed by atoms with E-state index in [-0.39, 0.29) is 10.8 Å². The number of hydrogen-bond donors (Lipinski definition) is 0. The van der Waals surface area contributed by atoms with E-state index in [4.69, 9.17) is 0 Å². The number of hydrogen-bond acceptors (Lipinski definition) is 0. The highest BCUT2D eigenvalue weighted by Crippen LogP contribution is 2.51. The largest absolute Gasteiger partial charge is 0.0623 e. The van der Waals surface area contributed by atoms with Crippen LogP contribution in [0.3, 0.4) is 0 Å². The Hall–Kier alpha value is -3.64. The minimum atomic E-state index is 0.162. The van der Waals surface area contributed by atoms with Gasteiger partial charge in [-0.1, -0.05) is 164 Å². The fraction of sp³-hybridized carbons (Fsp3) is 0.349. The van der Waals surface area contributed by atoms with Gasteiger partial charge in [0.2, 0.25) is 0 Å². The molecule has 220 valence electrons. The highest BCUT2D eigenvalue weighted by atomic mass is 14.4.